The van der Waals surface area contributed by atoms with Crippen molar-refractivity contribution in [2.24, 2.45) is 0 Å². The number of para-hydroxylation sites is 2. The molecule has 0 spiro atoms. The first-order valence-electron chi connectivity index (χ1n) is 9.99. The van der Waals surface area contributed by atoms with E-state index < -0.39 is 0 Å². The molecule has 1 aliphatic heterocycles. The quantitative estimate of drug-likeness (QED) is 0.518. The predicted octanol–water partition coefficient (Wildman–Crippen LogP) is 4.45. The smallest absolute Gasteiger partial charge is 0.255 e. The van der Waals surface area contributed by atoms with Gasteiger partial charge in [-0.25, -0.2) is 0 Å². The first-order valence-corrected chi connectivity index (χ1v) is 11.0. The van der Waals surface area contributed by atoms with Crippen LogP contribution in [0.3, 0.4) is 0 Å². The maximum Gasteiger partial charge on any atom is 0.255 e. The van der Waals surface area contributed by atoms with E-state index >= 15 is 0 Å². The fourth-order valence-electron chi connectivity index (χ4n) is 3.11. The molecule has 3 aromatic carbocycles. The third-order valence-electron chi connectivity index (χ3n) is 4.67. The summed E-state index contributed by atoms with van der Waals surface area (Å²) in [6.45, 7) is 1.07. The van der Waals surface area contributed by atoms with E-state index in [1.807, 2.05) is 30.3 Å². The second kappa shape index (κ2) is 10.1. The van der Waals surface area contributed by atoms with Gasteiger partial charge in [0.05, 0.1) is 18.6 Å². The highest BCUT2D eigenvalue weighted by molar-refractivity contribution is 8.00. The third kappa shape index (κ3) is 5.33. The Hall–Kier alpha value is -3.65. The number of amides is 2. The number of nitrogens with one attached hydrogen (secondary N) is 2. The molecule has 164 valence electrons. The van der Waals surface area contributed by atoms with Crippen molar-refractivity contribution in [1.29, 1.82) is 0 Å². The van der Waals surface area contributed by atoms with Gasteiger partial charge in [-0.1, -0.05) is 12.1 Å². The minimum atomic E-state index is -0.262. The summed E-state index contributed by atoms with van der Waals surface area (Å²) in [5.41, 5.74) is 1.68. The van der Waals surface area contributed by atoms with Gasteiger partial charge in [0.1, 0.15) is 19.0 Å². The van der Waals surface area contributed by atoms with Crippen molar-refractivity contribution >= 4 is 35.0 Å². The maximum atomic E-state index is 12.5. The summed E-state index contributed by atoms with van der Waals surface area (Å²) in [5.74, 6) is 1.84. The molecule has 0 radical (unpaired) electrons. The molecule has 7 nitrogen and oxygen atoms in total. The molecular formula is C24H22N2O5S. The Balaban J connectivity index is 1.30. The number of carbonyl (C=O) groups is 2. The van der Waals surface area contributed by atoms with Gasteiger partial charge in [-0.2, -0.15) is 0 Å². The number of rotatable bonds is 7. The van der Waals surface area contributed by atoms with E-state index in [2.05, 4.69) is 10.6 Å². The number of carbonyl (C=O) groups excluding carboxylic acids is 2. The molecular weight excluding hydrogens is 428 g/mol. The van der Waals surface area contributed by atoms with E-state index in [1.54, 1.807) is 43.5 Å². The van der Waals surface area contributed by atoms with Crippen molar-refractivity contribution < 1.29 is 23.8 Å². The monoisotopic (exact) mass is 450 g/mol. The van der Waals surface area contributed by atoms with Crippen LogP contribution in [0.2, 0.25) is 0 Å². The van der Waals surface area contributed by atoms with Crippen LogP contribution in [0, 0.1) is 0 Å². The minimum Gasteiger partial charge on any atom is -0.495 e. The molecule has 2 amide bonds. The summed E-state index contributed by atoms with van der Waals surface area (Å²) < 4.78 is 16.3. The number of thioether (sulfide) groups is 1. The minimum absolute atomic E-state index is 0.142. The Morgan fingerprint density at radius 2 is 1.69 bits per heavy atom. The fraction of sp³-hybridized carbons (Fsp3) is 0.167. The first-order chi connectivity index (χ1) is 15.6. The Morgan fingerprint density at radius 3 is 2.47 bits per heavy atom. The Kier molecular flexibility index (Phi) is 6.81. The first kappa shape index (κ1) is 21.6. The summed E-state index contributed by atoms with van der Waals surface area (Å²) in [7, 11) is 1.55. The van der Waals surface area contributed by atoms with E-state index in [4.69, 9.17) is 14.2 Å². The molecule has 1 heterocycles. The fourth-order valence-corrected chi connectivity index (χ4v) is 3.83. The van der Waals surface area contributed by atoms with Crippen molar-refractivity contribution in [2.45, 2.75) is 4.90 Å². The zero-order chi connectivity index (χ0) is 22.3. The van der Waals surface area contributed by atoms with Crippen molar-refractivity contribution in [3.05, 3.63) is 72.3 Å². The molecule has 32 heavy (non-hydrogen) atoms. The number of methoxy groups -OCH3 is 1. The van der Waals surface area contributed by atoms with Crippen molar-refractivity contribution in [2.75, 3.05) is 36.7 Å². The van der Waals surface area contributed by atoms with Crippen LogP contribution < -0.4 is 24.8 Å². The Labute approximate surface area is 190 Å². The Morgan fingerprint density at radius 1 is 0.938 bits per heavy atom. The van der Waals surface area contributed by atoms with Crippen molar-refractivity contribution in [3.8, 4) is 17.2 Å². The predicted molar refractivity (Wildman–Crippen MR) is 124 cm³/mol. The highest BCUT2D eigenvalue weighted by Gasteiger charge is 2.13. The van der Waals surface area contributed by atoms with Crippen LogP contribution in [0.15, 0.2) is 71.6 Å². The van der Waals surface area contributed by atoms with Gasteiger partial charge in [-0.3, -0.25) is 9.59 Å². The van der Waals surface area contributed by atoms with Gasteiger partial charge >= 0.3 is 0 Å². The summed E-state index contributed by atoms with van der Waals surface area (Å²) in [4.78, 5) is 25.7. The number of anilines is 2. The lowest BCUT2D eigenvalue weighted by atomic mass is 10.2. The molecule has 0 aromatic heterocycles. The average Bonchev–Trinajstić information content (AvgIpc) is 2.83. The average molecular weight is 451 g/mol. The van der Waals surface area contributed by atoms with Crippen LogP contribution in [0.1, 0.15) is 10.4 Å². The van der Waals surface area contributed by atoms with Gasteiger partial charge in [-0.15, -0.1) is 11.8 Å². The molecule has 0 saturated heterocycles. The molecule has 0 saturated carbocycles. The van der Waals surface area contributed by atoms with E-state index in [9.17, 15) is 9.59 Å². The maximum absolute atomic E-state index is 12.5. The summed E-state index contributed by atoms with van der Waals surface area (Å²) in [6, 6.07) is 19.5. The summed E-state index contributed by atoms with van der Waals surface area (Å²) in [6.07, 6.45) is 0. The lowest BCUT2D eigenvalue weighted by Gasteiger charge is -2.18. The molecule has 8 heteroatoms. The molecule has 1 aliphatic rings. The second-order valence-corrected chi connectivity index (χ2v) is 7.92. The SMILES string of the molecule is COc1ccccc1NC(=O)c1ccc(NC(=O)CSc2ccc3c(c2)OCCO3)cc1. The number of hydrogen-bond donors (Lipinski definition) is 2. The van der Waals surface area contributed by atoms with Crippen LogP contribution in [0.4, 0.5) is 11.4 Å². The third-order valence-corrected chi connectivity index (χ3v) is 5.66. The van der Waals surface area contributed by atoms with Gasteiger partial charge < -0.3 is 24.8 Å². The van der Waals surface area contributed by atoms with Gasteiger partial charge in [0.15, 0.2) is 11.5 Å². The normalized spacial score (nSPS) is 12.0. The summed E-state index contributed by atoms with van der Waals surface area (Å²) in [5, 5.41) is 5.67. The number of hydrogen-bond acceptors (Lipinski definition) is 6. The largest absolute Gasteiger partial charge is 0.495 e. The number of benzene rings is 3. The molecule has 0 bridgehead atoms. The second-order valence-electron chi connectivity index (χ2n) is 6.87. The van der Waals surface area contributed by atoms with Crippen LogP contribution in [0.25, 0.3) is 0 Å². The van der Waals surface area contributed by atoms with Gasteiger partial charge in [-0.05, 0) is 54.6 Å². The Bertz CT molecular complexity index is 1120. The van der Waals surface area contributed by atoms with E-state index in [-0.39, 0.29) is 17.6 Å². The molecule has 0 aliphatic carbocycles. The molecule has 4 rings (SSSR count). The van der Waals surface area contributed by atoms with Gasteiger partial charge in [0.25, 0.3) is 5.91 Å². The molecule has 0 atom stereocenters. The highest BCUT2D eigenvalue weighted by Crippen LogP contribution is 2.34. The lowest BCUT2D eigenvalue weighted by molar-refractivity contribution is -0.113. The molecule has 0 fully saturated rings. The van der Waals surface area contributed by atoms with E-state index in [0.29, 0.717) is 41.7 Å². The van der Waals surface area contributed by atoms with Gasteiger partial charge in [0, 0.05) is 16.1 Å². The number of ether oxygens (including phenoxy) is 3. The highest BCUT2D eigenvalue weighted by atomic mass is 32.2. The zero-order valence-corrected chi connectivity index (χ0v) is 18.2. The van der Waals surface area contributed by atoms with E-state index in [1.165, 1.54) is 11.8 Å². The van der Waals surface area contributed by atoms with Crippen LogP contribution in [-0.2, 0) is 4.79 Å². The van der Waals surface area contributed by atoms with Crippen LogP contribution in [0.5, 0.6) is 17.2 Å². The molecule has 3 aromatic rings. The molecule has 0 unspecified atom stereocenters. The molecule has 2 N–H and O–H groups in total. The standard InChI is InChI=1S/C24H22N2O5S/c1-29-20-5-3-2-4-19(20)26-24(28)16-6-8-17(9-7-16)25-23(27)15-32-18-10-11-21-22(14-18)31-13-12-30-21/h2-11,14H,12-13,15H2,1H3,(H,25,27)(H,26,28). The summed E-state index contributed by atoms with van der Waals surface area (Å²) >= 11 is 1.41. The van der Waals surface area contributed by atoms with Crippen molar-refractivity contribution in [3.63, 3.8) is 0 Å². The lowest BCUT2D eigenvalue weighted by Crippen LogP contribution is -2.16. The topological polar surface area (TPSA) is 85.9 Å². The number of fused-ring (bicyclic) bond motifs is 1. The van der Waals surface area contributed by atoms with Crippen molar-refractivity contribution in [1.82, 2.24) is 0 Å². The van der Waals surface area contributed by atoms with Gasteiger partial charge in [0.2, 0.25) is 5.91 Å². The van der Waals surface area contributed by atoms with E-state index in [0.717, 1.165) is 10.6 Å². The van der Waals surface area contributed by atoms with Crippen LogP contribution in [-0.4, -0.2) is 37.9 Å². The van der Waals surface area contributed by atoms with Crippen LogP contribution >= 0.6 is 11.8 Å². The zero-order valence-electron chi connectivity index (χ0n) is 17.4.